The minimum Gasteiger partial charge on any atom is -0.496 e. The Morgan fingerprint density at radius 2 is 2.00 bits per heavy atom. The minimum atomic E-state index is -0.456. The van der Waals surface area contributed by atoms with Crippen LogP contribution in [0.1, 0.15) is 17.2 Å². The van der Waals surface area contributed by atoms with Gasteiger partial charge in [0.2, 0.25) is 0 Å². The molecule has 2 aromatic carbocycles. The standard InChI is InChI=1S/C15H15Cl2FN2O/c1-21-15-5-3-10(16)8-11(15)14(20-19)7-9-2-4-12(17)13(18)6-9/h2-6,8,14,20H,7,19H2,1H3. The van der Waals surface area contributed by atoms with E-state index in [2.05, 4.69) is 5.43 Å². The summed E-state index contributed by atoms with van der Waals surface area (Å²) in [5.41, 5.74) is 4.28. The van der Waals surface area contributed by atoms with E-state index in [9.17, 15) is 4.39 Å². The number of halogens is 3. The van der Waals surface area contributed by atoms with Crippen LogP contribution >= 0.6 is 23.2 Å². The number of rotatable bonds is 5. The van der Waals surface area contributed by atoms with Crippen molar-refractivity contribution in [1.29, 1.82) is 0 Å². The van der Waals surface area contributed by atoms with E-state index in [1.807, 2.05) is 0 Å². The Kier molecular flexibility index (Phi) is 5.42. The first-order chi connectivity index (χ1) is 10.0. The second kappa shape index (κ2) is 7.09. The number of ether oxygens (including phenoxy) is 1. The fraction of sp³-hybridized carbons (Fsp3) is 0.200. The summed E-state index contributed by atoms with van der Waals surface area (Å²) >= 11 is 11.7. The topological polar surface area (TPSA) is 47.3 Å². The second-order valence-corrected chi connectivity index (χ2v) is 5.40. The van der Waals surface area contributed by atoms with E-state index in [-0.39, 0.29) is 11.1 Å². The van der Waals surface area contributed by atoms with Gasteiger partial charge in [0.1, 0.15) is 11.6 Å². The number of hydrogen-bond acceptors (Lipinski definition) is 3. The van der Waals surface area contributed by atoms with Crippen molar-refractivity contribution in [2.75, 3.05) is 7.11 Å². The maximum atomic E-state index is 13.5. The van der Waals surface area contributed by atoms with E-state index < -0.39 is 5.82 Å². The Balaban J connectivity index is 2.31. The molecule has 0 heterocycles. The molecule has 1 atom stereocenters. The van der Waals surface area contributed by atoms with Gasteiger partial charge in [-0.2, -0.15) is 0 Å². The molecule has 2 aromatic rings. The molecule has 0 spiro atoms. The van der Waals surface area contributed by atoms with E-state index in [0.717, 1.165) is 11.1 Å². The molecule has 0 fully saturated rings. The highest BCUT2D eigenvalue weighted by molar-refractivity contribution is 6.31. The smallest absolute Gasteiger partial charge is 0.142 e. The number of hydrazine groups is 1. The SMILES string of the molecule is COc1ccc(Cl)cc1C(Cc1ccc(Cl)c(F)c1)NN. The lowest BCUT2D eigenvalue weighted by atomic mass is 9.98. The first-order valence-corrected chi connectivity index (χ1v) is 7.04. The van der Waals surface area contributed by atoms with E-state index >= 15 is 0 Å². The Morgan fingerprint density at radius 1 is 1.24 bits per heavy atom. The molecule has 0 bridgehead atoms. The molecule has 0 saturated heterocycles. The third-order valence-corrected chi connectivity index (χ3v) is 3.73. The van der Waals surface area contributed by atoms with Crippen LogP contribution in [-0.4, -0.2) is 7.11 Å². The summed E-state index contributed by atoms with van der Waals surface area (Å²) in [6, 6.07) is 9.69. The van der Waals surface area contributed by atoms with Crippen molar-refractivity contribution < 1.29 is 9.13 Å². The van der Waals surface area contributed by atoms with Crippen LogP contribution in [0.5, 0.6) is 5.75 Å². The van der Waals surface area contributed by atoms with Crippen LogP contribution in [0, 0.1) is 5.82 Å². The molecule has 0 saturated carbocycles. The predicted molar refractivity (Wildman–Crippen MR) is 83.2 cm³/mol. The van der Waals surface area contributed by atoms with Gasteiger partial charge in [-0.25, -0.2) is 4.39 Å². The van der Waals surface area contributed by atoms with Gasteiger partial charge in [0.25, 0.3) is 0 Å². The number of hydrogen-bond donors (Lipinski definition) is 2. The van der Waals surface area contributed by atoms with Crippen LogP contribution in [0.4, 0.5) is 4.39 Å². The fourth-order valence-electron chi connectivity index (χ4n) is 2.14. The van der Waals surface area contributed by atoms with Gasteiger partial charge in [0.15, 0.2) is 0 Å². The molecule has 21 heavy (non-hydrogen) atoms. The summed E-state index contributed by atoms with van der Waals surface area (Å²) in [5.74, 6) is 5.83. The van der Waals surface area contributed by atoms with E-state index in [1.54, 1.807) is 31.4 Å². The molecule has 3 N–H and O–H groups in total. The molecule has 2 rings (SSSR count). The Morgan fingerprint density at radius 3 is 2.62 bits per heavy atom. The molecule has 112 valence electrons. The van der Waals surface area contributed by atoms with Gasteiger partial charge in [-0.3, -0.25) is 11.3 Å². The van der Waals surface area contributed by atoms with E-state index in [1.165, 1.54) is 12.1 Å². The summed E-state index contributed by atoms with van der Waals surface area (Å²) in [7, 11) is 1.57. The molecule has 0 aliphatic heterocycles. The highest BCUT2D eigenvalue weighted by atomic mass is 35.5. The minimum absolute atomic E-state index is 0.0938. The zero-order valence-electron chi connectivity index (χ0n) is 11.4. The summed E-state index contributed by atoms with van der Waals surface area (Å²) in [5, 5.41) is 0.671. The maximum absolute atomic E-state index is 13.5. The second-order valence-electron chi connectivity index (χ2n) is 4.56. The Bertz CT molecular complexity index is 637. The van der Waals surface area contributed by atoms with Crippen molar-refractivity contribution >= 4 is 23.2 Å². The molecule has 0 aliphatic rings. The normalized spacial score (nSPS) is 12.2. The van der Waals surface area contributed by atoms with Crippen molar-refractivity contribution in [3.05, 3.63) is 63.4 Å². The molecule has 0 amide bonds. The average molecular weight is 329 g/mol. The molecular formula is C15H15Cl2FN2O. The number of methoxy groups -OCH3 is 1. The highest BCUT2D eigenvalue weighted by Crippen LogP contribution is 2.30. The summed E-state index contributed by atoms with van der Waals surface area (Å²) in [6.07, 6.45) is 0.474. The van der Waals surface area contributed by atoms with Gasteiger partial charge < -0.3 is 4.74 Å². The average Bonchev–Trinajstić information content (AvgIpc) is 2.48. The zero-order valence-corrected chi connectivity index (χ0v) is 12.9. The quantitative estimate of drug-likeness (QED) is 0.646. The van der Waals surface area contributed by atoms with Crippen LogP contribution in [0.3, 0.4) is 0 Å². The van der Waals surface area contributed by atoms with Gasteiger partial charge in [-0.15, -0.1) is 0 Å². The lowest BCUT2D eigenvalue weighted by Gasteiger charge is -2.19. The third kappa shape index (κ3) is 3.86. The highest BCUT2D eigenvalue weighted by Gasteiger charge is 2.16. The van der Waals surface area contributed by atoms with Crippen LogP contribution < -0.4 is 16.0 Å². The van der Waals surface area contributed by atoms with Crippen molar-refractivity contribution in [2.24, 2.45) is 5.84 Å². The van der Waals surface area contributed by atoms with Gasteiger partial charge >= 0.3 is 0 Å². The largest absolute Gasteiger partial charge is 0.496 e. The Hall–Kier alpha value is -1.33. The fourth-order valence-corrected chi connectivity index (χ4v) is 2.44. The van der Waals surface area contributed by atoms with Crippen LogP contribution in [0.15, 0.2) is 36.4 Å². The molecule has 0 aromatic heterocycles. The maximum Gasteiger partial charge on any atom is 0.142 e. The monoisotopic (exact) mass is 328 g/mol. The number of nitrogens with one attached hydrogen (secondary N) is 1. The molecule has 0 aliphatic carbocycles. The first kappa shape index (κ1) is 16.0. The van der Waals surface area contributed by atoms with Crippen LogP contribution in [0.2, 0.25) is 10.0 Å². The van der Waals surface area contributed by atoms with Crippen molar-refractivity contribution in [3.8, 4) is 5.75 Å². The lowest BCUT2D eigenvalue weighted by Crippen LogP contribution is -2.30. The predicted octanol–water partition coefficient (Wildman–Crippen LogP) is 3.89. The van der Waals surface area contributed by atoms with Crippen molar-refractivity contribution in [3.63, 3.8) is 0 Å². The van der Waals surface area contributed by atoms with Gasteiger partial charge in [-0.1, -0.05) is 29.3 Å². The molecule has 1 unspecified atom stereocenters. The van der Waals surface area contributed by atoms with Crippen LogP contribution in [0.25, 0.3) is 0 Å². The lowest BCUT2D eigenvalue weighted by molar-refractivity contribution is 0.399. The zero-order chi connectivity index (χ0) is 15.4. The number of nitrogens with two attached hydrogens (primary N) is 1. The third-order valence-electron chi connectivity index (χ3n) is 3.19. The van der Waals surface area contributed by atoms with Crippen LogP contribution in [-0.2, 0) is 6.42 Å². The first-order valence-electron chi connectivity index (χ1n) is 6.28. The van der Waals surface area contributed by atoms with Crippen molar-refractivity contribution in [2.45, 2.75) is 12.5 Å². The van der Waals surface area contributed by atoms with Gasteiger partial charge in [0.05, 0.1) is 18.2 Å². The summed E-state index contributed by atoms with van der Waals surface area (Å²) in [6.45, 7) is 0. The van der Waals surface area contributed by atoms with Crippen molar-refractivity contribution in [1.82, 2.24) is 5.43 Å². The summed E-state index contributed by atoms with van der Waals surface area (Å²) < 4.78 is 18.8. The van der Waals surface area contributed by atoms with Gasteiger partial charge in [0, 0.05) is 10.6 Å². The molecule has 3 nitrogen and oxygen atoms in total. The van der Waals surface area contributed by atoms with E-state index in [0.29, 0.717) is 17.2 Å². The molecule has 6 heteroatoms. The Labute approximate surface area is 132 Å². The molecular weight excluding hydrogens is 314 g/mol. The summed E-state index contributed by atoms with van der Waals surface area (Å²) in [4.78, 5) is 0. The van der Waals surface area contributed by atoms with Gasteiger partial charge in [-0.05, 0) is 42.3 Å². The molecule has 0 radical (unpaired) electrons. The number of benzene rings is 2. The van der Waals surface area contributed by atoms with E-state index in [4.69, 9.17) is 33.8 Å².